The number of fused-ring (bicyclic) bond motifs is 8. The molecule has 0 spiro atoms. The van der Waals surface area contributed by atoms with Crippen molar-refractivity contribution in [3.63, 3.8) is 0 Å². The minimum atomic E-state index is -0.900. The minimum absolute atomic E-state index is 0.0690. The van der Waals surface area contributed by atoms with E-state index in [2.05, 4.69) is 133 Å². The Morgan fingerprint density at radius 2 is 1.63 bits per heavy atom. The molecule has 2 unspecified atom stereocenters. The van der Waals surface area contributed by atoms with Crippen LogP contribution in [-0.2, 0) is 30.0 Å². The van der Waals surface area contributed by atoms with Gasteiger partial charge in [-0.05, 0) is 70.8 Å². The lowest BCUT2D eigenvalue weighted by atomic mass is 9.76. The van der Waals surface area contributed by atoms with E-state index in [1.165, 1.54) is 34.9 Å². The molecule has 2 fully saturated rings. The molecule has 62 heavy (non-hydrogen) atoms. The molecule has 3 aliphatic heterocycles. The fraction of sp³-hybridized carbons (Fsp3) is 0.346. The Labute approximate surface area is 364 Å². The van der Waals surface area contributed by atoms with Gasteiger partial charge in [0.15, 0.2) is 17.1 Å². The van der Waals surface area contributed by atoms with Gasteiger partial charge >= 0.3 is 6.09 Å². The first-order valence-corrected chi connectivity index (χ1v) is 21.8. The van der Waals surface area contributed by atoms with E-state index in [0.717, 1.165) is 90.3 Å². The molecule has 3 heterocycles. The van der Waals surface area contributed by atoms with Crippen molar-refractivity contribution in [1.29, 1.82) is 0 Å². The predicted molar refractivity (Wildman–Crippen MR) is 244 cm³/mol. The van der Waals surface area contributed by atoms with Gasteiger partial charge in [0.25, 0.3) is 0 Å². The summed E-state index contributed by atoms with van der Waals surface area (Å²) >= 11 is 0. The van der Waals surface area contributed by atoms with Gasteiger partial charge in [-0.2, -0.15) is 0 Å². The number of ether oxygens (including phenoxy) is 5. The number of alkyl carbamates (subject to hydrolysis) is 1. The molecular weight excluding hydrogens is 779 g/mol. The molecule has 9 rings (SSSR count). The van der Waals surface area contributed by atoms with Crippen LogP contribution in [0, 0.1) is 5.92 Å². The number of carbonyl (C=O) groups is 2. The van der Waals surface area contributed by atoms with Gasteiger partial charge in [0.1, 0.15) is 18.1 Å². The second kappa shape index (κ2) is 16.9. The van der Waals surface area contributed by atoms with Crippen molar-refractivity contribution in [2.45, 2.75) is 44.6 Å². The van der Waals surface area contributed by atoms with Crippen LogP contribution < -0.4 is 24.6 Å². The van der Waals surface area contributed by atoms with Crippen LogP contribution in [0.1, 0.15) is 61.4 Å². The maximum absolute atomic E-state index is 12.6. The van der Waals surface area contributed by atoms with Gasteiger partial charge in [-0.3, -0.25) is 4.79 Å². The summed E-state index contributed by atoms with van der Waals surface area (Å²) in [5.74, 6) is 1.54. The third-order valence-electron chi connectivity index (χ3n) is 13.1. The number of morpholine rings is 1. The Bertz CT molecular complexity index is 2540. The zero-order valence-electron chi connectivity index (χ0n) is 36.1. The second-order valence-electron chi connectivity index (χ2n) is 17.2. The molecule has 1 N–H and O–H groups in total. The van der Waals surface area contributed by atoms with Crippen molar-refractivity contribution >= 4 is 40.1 Å². The van der Waals surface area contributed by atoms with Crippen LogP contribution in [0.5, 0.6) is 11.5 Å². The van der Waals surface area contributed by atoms with Crippen molar-refractivity contribution in [3.05, 3.63) is 137 Å². The number of nitrogens with zero attached hydrogens (tertiary/aromatic N) is 2. The van der Waals surface area contributed by atoms with E-state index in [1.54, 1.807) is 7.11 Å². The van der Waals surface area contributed by atoms with Crippen LogP contribution in [0.15, 0.2) is 109 Å². The summed E-state index contributed by atoms with van der Waals surface area (Å²) in [6.07, 6.45) is 5.91. The monoisotopic (exact) mass is 833 g/mol. The van der Waals surface area contributed by atoms with Crippen molar-refractivity contribution in [3.8, 4) is 22.6 Å². The average molecular weight is 834 g/mol. The molecule has 2 atom stereocenters. The van der Waals surface area contributed by atoms with Crippen molar-refractivity contribution in [2.75, 3.05) is 76.1 Å². The van der Waals surface area contributed by atoms with Gasteiger partial charge in [-0.25, -0.2) is 4.79 Å². The first-order chi connectivity index (χ1) is 30.1. The number of ketones is 1. The van der Waals surface area contributed by atoms with Crippen LogP contribution in [0.4, 0.5) is 16.2 Å². The zero-order valence-corrected chi connectivity index (χ0v) is 36.1. The van der Waals surface area contributed by atoms with Gasteiger partial charge < -0.3 is 38.8 Å². The summed E-state index contributed by atoms with van der Waals surface area (Å²) in [6.45, 7) is 15.0. The smallest absolute Gasteiger partial charge is 0.407 e. The fourth-order valence-corrected chi connectivity index (χ4v) is 9.87. The van der Waals surface area contributed by atoms with E-state index in [1.807, 2.05) is 6.07 Å². The van der Waals surface area contributed by atoms with Crippen LogP contribution in [0.25, 0.3) is 28.0 Å². The lowest BCUT2D eigenvalue weighted by molar-refractivity contribution is -0.116. The van der Waals surface area contributed by atoms with E-state index >= 15 is 0 Å². The highest BCUT2D eigenvalue weighted by atomic mass is 16.5. The molecule has 5 aromatic carbocycles. The van der Waals surface area contributed by atoms with Crippen molar-refractivity contribution < 1.29 is 33.3 Å². The van der Waals surface area contributed by atoms with E-state index in [-0.39, 0.29) is 42.6 Å². The molecule has 0 bridgehead atoms. The van der Waals surface area contributed by atoms with E-state index in [9.17, 15) is 9.59 Å². The molecule has 10 heteroatoms. The minimum Gasteiger partial charge on any atom is -0.495 e. The summed E-state index contributed by atoms with van der Waals surface area (Å²) < 4.78 is 30.5. The second-order valence-corrected chi connectivity index (χ2v) is 17.2. The number of benzene rings is 5. The Hall–Kier alpha value is -6.26. The molecule has 1 aliphatic carbocycles. The summed E-state index contributed by atoms with van der Waals surface area (Å²) in [7, 11) is 1.73. The summed E-state index contributed by atoms with van der Waals surface area (Å²) in [6, 6.07) is 32.6. The third-order valence-corrected chi connectivity index (χ3v) is 13.1. The van der Waals surface area contributed by atoms with E-state index in [0.29, 0.717) is 6.54 Å². The molecule has 0 radical (unpaired) electrons. The number of nitrogens with one attached hydrogen (secondary N) is 1. The summed E-state index contributed by atoms with van der Waals surface area (Å²) in [5, 5.41) is 4.81. The maximum atomic E-state index is 12.6. The summed E-state index contributed by atoms with van der Waals surface area (Å²) in [5.41, 5.74) is 9.16. The number of hydrogen-bond donors (Lipinski definition) is 1. The highest BCUT2D eigenvalue weighted by molar-refractivity contribution is 6.10. The number of methoxy groups -OCH3 is 1. The van der Waals surface area contributed by atoms with Gasteiger partial charge in [0.2, 0.25) is 0 Å². The number of rotatable bonds is 12. The number of amides is 1. The number of hydrogen-bond acceptors (Lipinski definition) is 9. The Kier molecular flexibility index (Phi) is 11.2. The molecular formula is C52H55N3O7. The van der Waals surface area contributed by atoms with Gasteiger partial charge in [0, 0.05) is 72.2 Å². The van der Waals surface area contributed by atoms with Gasteiger partial charge in [-0.15, -0.1) is 0 Å². The van der Waals surface area contributed by atoms with Crippen molar-refractivity contribution in [2.24, 2.45) is 5.92 Å². The topological polar surface area (TPSA) is 98.8 Å². The van der Waals surface area contributed by atoms with Crippen LogP contribution in [-0.4, -0.2) is 78.1 Å². The molecule has 5 aromatic rings. The van der Waals surface area contributed by atoms with Crippen LogP contribution >= 0.6 is 0 Å². The lowest BCUT2D eigenvalue weighted by Gasteiger charge is -2.39. The highest BCUT2D eigenvalue weighted by Crippen LogP contribution is 2.59. The Morgan fingerprint density at radius 1 is 0.887 bits per heavy atom. The maximum Gasteiger partial charge on any atom is 0.407 e. The van der Waals surface area contributed by atoms with Crippen molar-refractivity contribution in [1.82, 2.24) is 5.32 Å². The molecule has 4 aliphatic rings. The molecule has 320 valence electrons. The van der Waals surface area contributed by atoms with Gasteiger partial charge in [-0.1, -0.05) is 93.2 Å². The molecule has 2 saturated heterocycles. The first-order valence-electron chi connectivity index (χ1n) is 21.8. The molecule has 10 nitrogen and oxygen atoms in total. The average Bonchev–Trinajstić information content (AvgIpc) is 3.56. The van der Waals surface area contributed by atoms with Crippen LogP contribution in [0.3, 0.4) is 0 Å². The lowest BCUT2D eigenvalue weighted by Crippen LogP contribution is -2.39. The predicted octanol–water partition coefficient (Wildman–Crippen LogP) is 9.40. The number of piperidine rings is 1. The standard InChI is InChI=1S/C52H55N3O7/c1-34(56)35(2)60-27-23-53-50(57)61-33-36-12-11-24-55(32-36)45-30-42-43(31-46(45)58-5)49-41(48-47(42)40-15-9-10-16-44(40)51(48,3)4)21-22-52(62-49,37-13-7-6-8-14-37)38-17-19-39(20-18-38)54-25-28-59-29-26-54/h6-10,13-22,30-31,36H,2,11-12,23-29,32-33H2,1,3-5H3,(H,53,57). The van der Waals surface area contributed by atoms with E-state index in [4.69, 9.17) is 23.7 Å². The molecule has 1 amide bonds. The number of allylic oxidation sites excluding steroid dienone is 1. The van der Waals surface area contributed by atoms with Crippen LogP contribution in [0.2, 0.25) is 0 Å². The molecule has 0 saturated carbocycles. The van der Waals surface area contributed by atoms with Gasteiger partial charge in [0.05, 0.1) is 39.2 Å². The SMILES string of the molecule is C=C(OCCNC(=O)OCC1CCCN(c2cc3c4c(c5c(c3cc2OC)OC(c2ccccc2)(c2ccc(N3CCOCC3)cc2)C=C5)C(C)(C)c2ccccc2-4)C1)C(C)=O. The number of anilines is 2. The highest BCUT2D eigenvalue weighted by Gasteiger charge is 2.44. The Morgan fingerprint density at radius 3 is 2.39 bits per heavy atom. The number of Topliss-reactive ketones (excluding diaryl/α,β-unsaturated/α-hetero) is 1. The fourth-order valence-electron chi connectivity index (χ4n) is 9.87. The Balaban J connectivity index is 1.10. The quantitative estimate of drug-likeness (QED) is 0.0749. The largest absolute Gasteiger partial charge is 0.495 e. The van der Waals surface area contributed by atoms with E-state index < -0.39 is 11.7 Å². The first kappa shape index (κ1) is 41.1. The zero-order chi connectivity index (χ0) is 43.0. The number of carbonyl (C=O) groups excluding carboxylic acids is 2. The normalized spacial score (nSPS) is 19.8. The third kappa shape index (κ3) is 7.44. The molecule has 0 aromatic heterocycles. The summed E-state index contributed by atoms with van der Waals surface area (Å²) in [4.78, 5) is 28.7.